The van der Waals surface area contributed by atoms with Crippen LogP contribution in [0.2, 0.25) is 0 Å². The largest absolute Gasteiger partial charge is 0.396 e. The van der Waals surface area contributed by atoms with Crippen molar-refractivity contribution in [1.29, 1.82) is 0 Å². The van der Waals surface area contributed by atoms with Crippen molar-refractivity contribution in [3.05, 3.63) is 53.6 Å². The molecule has 3 aromatic rings. The fraction of sp³-hybridized carbons (Fsp3) is 0.286. The third-order valence-corrected chi connectivity index (χ3v) is 5.15. The second kappa shape index (κ2) is 6.76. The molecule has 7 heteroatoms. The third kappa shape index (κ3) is 2.93. The van der Waals surface area contributed by atoms with Crippen molar-refractivity contribution in [3.63, 3.8) is 0 Å². The van der Waals surface area contributed by atoms with Crippen molar-refractivity contribution in [2.24, 2.45) is 0 Å². The van der Waals surface area contributed by atoms with Crippen LogP contribution in [-0.2, 0) is 10.2 Å². The summed E-state index contributed by atoms with van der Waals surface area (Å²) < 4.78 is 0. The number of aliphatic hydroxyl groups is 1. The number of hydrogen-bond donors (Lipinski definition) is 3. The van der Waals surface area contributed by atoms with Crippen LogP contribution in [0.5, 0.6) is 0 Å². The summed E-state index contributed by atoms with van der Waals surface area (Å²) in [5.41, 5.74) is 3.03. The summed E-state index contributed by atoms with van der Waals surface area (Å²) in [5.74, 6) is 0.132. The lowest BCUT2D eigenvalue weighted by atomic mass is 9.86. The molecule has 0 saturated heterocycles. The van der Waals surface area contributed by atoms with Crippen LogP contribution in [-0.4, -0.2) is 40.0 Å². The molecule has 7 nitrogen and oxygen atoms in total. The highest BCUT2D eigenvalue weighted by Gasteiger charge is 2.44. The molecule has 0 bridgehead atoms. The molecule has 144 valence electrons. The number of aliphatic hydroxyl groups excluding tert-OH is 1. The first-order valence-corrected chi connectivity index (χ1v) is 9.25. The Morgan fingerprint density at radius 3 is 2.71 bits per heavy atom. The molecule has 0 saturated carbocycles. The molecule has 28 heavy (non-hydrogen) atoms. The van der Waals surface area contributed by atoms with Gasteiger partial charge in [-0.15, -0.1) is 0 Å². The summed E-state index contributed by atoms with van der Waals surface area (Å²) in [6.07, 6.45) is 0.515. The fourth-order valence-corrected chi connectivity index (χ4v) is 3.61. The van der Waals surface area contributed by atoms with Gasteiger partial charge in [0, 0.05) is 18.7 Å². The Bertz CT molecular complexity index is 1060. The van der Waals surface area contributed by atoms with Crippen LogP contribution < -0.4 is 10.2 Å². The molecule has 1 aromatic heterocycles. The highest BCUT2D eigenvalue weighted by atomic mass is 16.3. The monoisotopic (exact) mass is 378 g/mol. The Morgan fingerprint density at radius 2 is 2.00 bits per heavy atom. The minimum Gasteiger partial charge on any atom is -0.396 e. The quantitative estimate of drug-likeness (QED) is 0.636. The number of anilines is 2. The summed E-state index contributed by atoms with van der Waals surface area (Å²) in [4.78, 5) is 34.5. The van der Waals surface area contributed by atoms with E-state index < -0.39 is 5.41 Å². The highest BCUT2D eigenvalue weighted by molar-refractivity contribution is 6.10. The van der Waals surface area contributed by atoms with Crippen LogP contribution in [0.4, 0.5) is 11.6 Å². The molecule has 0 unspecified atom stereocenters. The molecule has 2 aromatic carbocycles. The fourth-order valence-electron chi connectivity index (χ4n) is 3.61. The molecular formula is C21H22N4O3. The molecule has 0 aliphatic carbocycles. The number of aromatic nitrogens is 2. The molecule has 1 aliphatic rings. The van der Waals surface area contributed by atoms with Gasteiger partial charge in [-0.2, -0.15) is 0 Å². The van der Waals surface area contributed by atoms with E-state index >= 15 is 0 Å². The van der Waals surface area contributed by atoms with E-state index in [0.717, 1.165) is 16.8 Å². The number of nitrogens with zero attached hydrogens (tertiary/aromatic N) is 2. The Labute approximate surface area is 162 Å². The number of benzene rings is 2. The van der Waals surface area contributed by atoms with Gasteiger partial charge in [0.25, 0.3) is 5.91 Å². The molecule has 2 heterocycles. The molecule has 0 spiro atoms. The van der Waals surface area contributed by atoms with Crippen molar-refractivity contribution >= 4 is 34.5 Å². The predicted molar refractivity (Wildman–Crippen MR) is 108 cm³/mol. The number of amides is 2. The van der Waals surface area contributed by atoms with Crippen molar-refractivity contribution in [1.82, 2.24) is 9.97 Å². The topological polar surface area (TPSA) is 98.3 Å². The number of carbonyl (C=O) groups excluding carboxylic acids is 2. The maximum Gasteiger partial charge on any atom is 0.257 e. The van der Waals surface area contributed by atoms with Gasteiger partial charge < -0.3 is 15.0 Å². The average molecular weight is 378 g/mol. The molecule has 1 aliphatic heterocycles. The molecule has 0 radical (unpaired) electrons. The lowest BCUT2D eigenvalue weighted by molar-refractivity contribution is -0.122. The number of aromatic amines is 1. The van der Waals surface area contributed by atoms with Crippen LogP contribution >= 0.6 is 0 Å². The SMILES string of the molecule is CC1(C)C(=O)N(CCCO)c2cc3[nH]c(NC(=O)c4ccccc4)nc3cc21. The second-order valence-corrected chi connectivity index (χ2v) is 7.45. The van der Waals surface area contributed by atoms with Crippen molar-refractivity contribution in [2.75, 3.05) is 23.4 Å². The van der Waals surface area contributed by atoms with Crippen LogP contribution in [0.25, 0.3) is 11.0 Å². The van der Waals surface area contributed by atoms with E-state index in [0.29, 0.717) is 30.0 Å². The number of fused-ring (bicyclic) bond motifs is 2. The van der Waals surface area contributed by atoms with Crippen LogP contribution in [0.15, 0.2) is 42.5 Å². The van der Waals surface area contributed by atoms with E-state index in [2.05, 4.69) is 15.3 Å². The lowest BCUT2D eigenvalue weighted by Crippen LogP contribution is -2.37. The van der Waals surface area contributed by atoms with E-state index in [4.69, 9.17) is 5.11 Å². The van der Waals surface area contributed by atoms with Gasteiger partial charge in [-0.05, 0) is 50.1 Å². The minimum absolute atomic E-state index is 0.0150. The zero-order valence-electron chi connectivity index (χ0n) is 15.8. The molecule has 4 rings (SSSR count). The Balaban J connectivity index is 1.69. The Hall–Kier alpha value is -3.19. The predicted octanol–water partition coefficient (Wildman–Crippen LogP) is 2.82. The molecular weight excluding hydrogens is 356 g/mol. The first kappa shape index (κ1) is 18.2. The third-order valence-electron chi connectivity index (χ3n) is 5.15. The summed E-state index contributed by atoms with van der Waals surface area (Å²) >= 11 is 0. The zero-order chi connectivity index (χ0) is 19.9. The standard InChI is InChI=1S/C21H22N4O3/c1-21(2)14-11-15-16(12-17(14)25(19(21)28)9-6-10-26)23-20(22-15)24-18(27)13-7-4-3-5-8-13/h3-5,7-8,11-12,26H,6,9-10H2,1-2H3,(H2,22,23,24,27). The van der Waals surface area contributed by atoms with Gasteiger partial charge in [0.2, 0.25) is 11.9 Å². The molecule has 0 fully saturated rings. The van der Waals surface area contributed by atoms with Gasteiger partial charge in [0.05, 0.1) is 22.1 Å². The van der Waals surface area contributed by atoms with Gasteiger partial charge in [-0.3, -0.25) is 14.9 Å². The van der Waals surface area contributed by atoms with Gasteiger partial charge in [0.1, 0.15) is 0 Å². The first-order valence-electron chi connectivity index (χ1n) is 9.25. The molecule has 3 N–H and O–H groups in total. The van der Waals surface area contributed by atoms with Crippen molar-refractivity contribution in [2.45, 2.75) is 25.7 Å². The van der Waals surface area contributed by atoms with Crippen LogP contribution in [0.3, 0.4) is 0 Å². The van der Waals surface area contributed by atoms with Gasteiger partial charge in [-0.1, -0.05) is 18.2 Å². The number of imidazole rings is 1. The summed E-state index contributed by atoms with van der Waals surface area (Å²) in [7, 11) is 0. The van der Waals surface area contributed by atoms with E-state index in [9.17, 15) is 9.59 Å². The normalized spacial score (nSPS) is 15.1. The van der Waals surface area contributed by atoms with Gasteiger partial charge in [-0.25, -0.2) is 4.98 Å². The van der Waals surface area contributed by atoms with Gasteiger partial charge >= 0.3 is 0 Å². The van der Waals surface area contributed by atoms with Crippen LogP contribution in [0, 0.1) is 0 Å². The van der Waals surface area contributed by atoms with Crippen molar-refractivity contribution < 1.29 is 14.7 Å². The molecule has 0 atom stereocenters. The number of rotatable bonds is 5. The second-order valence-electron chi connectivity index (χ2n) is 7.45. The maximum atomic E-state index is 12.8. The Morgan fingerprint density at radius 1 is 1.25 bits per heavy atom. The number of nitrogens with one attached hydrogen (secondary N) is 2. The van der Waals surface area contributed by atoms with Crippen LogP contribution in [0.1, 0.15) is 36.2 Å². The zero-order valence-corrected chi connectivity index (χ0v) is 15.8. The van der Waals surface area contributed by atoms with Crippen molar-refractivity contribution in [3.8, 4) is 0 Å². The van der Waals surface area contributed by atoms with E-state index in [1.165, 1.54) is 0 Å². The van der Waals surface area contributed by atoms with E-state index in [1.807, 2.05) is 32.0 Å². The van der Waals surface area contributed by atoms with E-state index in [1.54, 1.807) is 29.2 Å². The summed E-state index contributed by atoms with van der Waals surface area (Å²) in [6, 6.07) is 12.7. The Kier molecular flexibility index (Phi) is 4.39. The van der Waals surface area contributed by atoms with E-state index in [-0.39, 0.29) is 18.4 Å². The minimum atomic E-state index is -0.661. The summed E-state index contributed by atoms with van der Waals surface area (Å²) in [5, 5.41) is 11.9. The highest BCUT2D eigenvalue weighted by Crippen LogP contribution is 2.43. The smallest absolute Gasteiger partial charge is 0.257 e. The number of carbonyl (C=O) groups is 2. The number of hydrogen-bond acceptors (Lipinski definition) is 4. The molecule has 2 amide bonds. The first-order chi connectivity index (χ1) is 13.4. The summed E-state index contributed by atoms with van der Waals surface area (Å²) in [6.45, 7) is 4.28. The lowest BCUT2D eigenvalue weighted by Gasteiger charge is -2.19. The van der Waals surface area contributed by atoms with Gasteiger partial charge in [0.15, 0.2) is 0 Å². The average Bonchev–Trinajstić information content (AvgIpc) is 3.16. The number of H-pyrrole nitrogens is 1. The maximum absolute atomic E-state index is 12.8.